The molecule has 4 rings (SSSR count). The van der Waals surface area contributed by atoms with E-state index in [9.17, 15) is 18.4 Å². The SMILES string of the molecule is CCOC(=O)c1ccc(NC(=O)N(Cc2ccccc2F)CC2CC(c3ccccc3F)=NO2)cc1. The van der Waals surface area contributed by atoms with Crippen molar-refractivity contribution in [2.24, 2.45) is 5.16 Å². The zero-order valence-corrected chi connectivity index (χ0v) is 19.6. The Morgan fingerprint density at radius 1 is 1.03 bits per heavy atom. The summed E-state index contributed by atoms with van der Waals surface area (Å²) in [5.41, 5.74) is 1.92. The van der Waals surface area contributed by atoms with Crippen molar-refractivity contribution in [2.75, 3.05) is 18.5 Å². The summed E-state index contributed by atoms with van der Waals surface area (Å²) in [6, 6.07) is 18.2. The maximum atomic E-state index is 14.4. The molecule has 0 radical (unpaired) electrons. The second kappa shape index (κ2) is 11.4. The quantitative estimate of drug-likeness (QED) is 0.428. The molecule has 0 saturated heterocycles. The van der Waals surface area contributed by atoms with E-state index in [2.05, 4.69) is 10.5 Å². The second-order valence-electron chi connectivity index (χ2n) is 8.15. The smallest absolute Gasteiger partial charge is 0.338 e. The number of rotatable bonds is 8. The number of nitrogens with one attached hydrogen (secondary N) is 1. The van der Waals surface area contributed by atoms with Crippen LogP contribution in [-0.4, -0.2) is 41.9 Å². The first-order chi connectivity index (χ1) is 17.4. The number of urea groups is 1. The predicted molar refractivity (Wildman–Crippen MR) is 131 cm³/mol. The van der Waals surface area contributed by atoms with Crippen LogP contribution in [0.1, 0.15) is 34.8 Å². The summed E-state index contributed by atoms with van der Waals surface area (Å²) in [5.74, 6) is -1.31. The largest absolute Gasteiger partial charge is 0.462 e. The Kier molecular flexibility index (Phi) is 7.89. The molecule has 0 aliphatic carbocycles. The van der Waals surface area contributed by atoms with Crippen LogP contribution in [0.5, 0.6) is 0 Å². The van der Waals surface area contributed by atoms with Gasteiger partial charge >= 0.3 is 12.0 Å². The third-order valence-electron chi connectivity index (χ3n) is 5.60. The first-order valence-corrected chi connectivity index (χ1v) is 11.5. The molecule has 0 spiro atoms. The van der Waals surface area contributed by atoms with Gasteiger partial charge < -0.3 is 19.8 Å². The fourth-order valence-corrected chi connectivity index (χ4v) is 3.78. The summed E-state index contributed by atoms with van der Waals surface area (Å²) in [6.07, 6.45) is -0.251. The summed E-state index contributed by atoms with van der Waals surface area (Å²) in [7, 11) is 0. The number of benzene rings is 3. The lowest BCUT2D eigenvalue weighted by Gasteiger charge is -2.25. The van der Waals surface area contributed by atoms with Crippen molar-refractivity contribution in [3.63, 3.8) is 0 Å². The minimum atomic E-state index is -0.539. The van der Waals surface area contributed by atoms with Crippen LogP contribution in [-0.2, 0) is 16.1 Å². The Bertz CT molecular complexity index is 1260. The highest BCUT2D eigenvalue weighted by Crippen LogP contribution is 2.22. The molecular formula is C27H25F2N3O4. The van der Waals surface area contributed by atoms with Gasteiger partial charge in [0.25, 0.3) is 0 Å². The summed E-state index contributed by atoms with van der Waals surface area (Å²) >= 11 is 0. The van der Waals surface area contributed by atoms with Crippen molar-refractivity contribution in [1.82, 2.24) is 4.90 Å². The molecule has 9 heteroatoms. The van der Waals surface area contributed by atoms with Crippen LogP contribution in [0.25, 0.3) is 0 Å². The maximum absolute atomic E-state index is 14.4. The number of anilines is 1. The van der Waals surface area contributed by atoms with Crippen molar-refractivity contribution >= 4 is 23.4 Å². The van der Waals surface area contributed by atoms with Gasteiger partial charge in [-0.3, -0.25) is 0 Å². The third kappa shape index (κ3) is 6.04. The second-order valence-corrected chi connectivity index (χ2v) is 8.15. The summed E-state index contributed by atoms with van der Waals surface area (Å²) in [4.78, 5) is 32.0. The number of nitrogens with zero attached hydrogens (tertiary/aromatic N) is 2. The lowest BCUT2D eigenvalue weighted by Crippen LogP contribution is -2.40. The van der Waals surface area contributed by atoms with Crippen molar-refractivity contribution in [3.05, 3.63) is 101 Å². The van der Waals surface area contributed by atoms with Gasteiger partial charge in [-0.05, 0) is 43.3 Å². The Labute approximate surface area is 207 Å². The fraction of sp³-hybridized carbons (Fsp3) is 0.222. The van der Waals surface area contributed by atoms with Gasteiger partial charge in [0.05, 0.1) is 31.0 Å². The van der Waals surface area contributed by atoms with Crippen LogP contribution < -0.4 is 5.32 Å². The molecule has 7 nitrogen and oxygen atoms in total. The molecule has 1 heterocycles. The van der Waals surface area contributed by atoms with Crippen molar-refractivity contribution in [1.29, 1.82) is 0 Å². The highest BCUT2D eigenvalue weighted by molar-refractivity contribution is 6.01. The molecule has 1 aliphatic rings. The number of ether oxygens (including phenoxy) is 1. The summed E-state index contributed by atoms with van der Waals surface area (Å²) < 4.78 is 33.5. The van der Waals surface area contributed by atoms with Gasteiger partial charge in [-0.25, -0.2) is 18.4 Å². The van der Waals surface area contributed by atoms with E-state index in [0.29, 0.717) is 28.1 Å². The number of oxime groups is 1. The van der Waals surface area contributed by atoms with Crippen molar-refractivity contribution in [3.8, 4) is 0 Å². The number of carbonyl (C=O) groups is 2. The van der Waals surface area contributed by atoms with Crippen LogP contribution in [0.3, 0.4) is 0 Å². The molecule has 0 aromatic heterocycles. The topological polar surface area (TPSA) is 80.2 Å². The predicted octanol–water partition coefficient (Wildman–Crippen LogP) is 5.37. The summed E-state index contributed by atoms with van der Waals surface area (Å²) in [5, 5.41) is 6.78. The van der Waals surface area contributed by atoms with E-state index in [1.54, 1.807) is 67.6 Å². The van der Waals surface area contributed by atoms with E-state index in [1.165, 1.54) is 17.0 Å². The van der Waals surface area contributed by atoms with Crippen LogP contribution in [0.4, 0.5) is 19.3 Å². The third-order valence-corrected chi connectivity index (χ3v) is 5.60. The van der Waals surface area contributed by atoms with Crippen molar-refractivity contribution < 1.29 is 27.9 Å². The van der Waals surface area contributed by atoms with Gasteiger partial charge in [0, 0.05) is 23.2 Å². The number of esters is 1. The lowest BCUT2D eigenvalue weighted by atomic mass is 10.0. The van der Waals surface area contributed by atoms with Gasteiger partial charge in [0.15, 0.2) is 6.10 Å². The number of amides is 2. The van der Waals surface area contributed by atoms with Crippen molar-refractivity contribution in [2.45, 2.75) is 26.0 Å². The minimum Gasteiger partial charge on any atom is -0.462 e. The molecule has 1 N–H and O–H groups in total. The van der Waals surface area contributed by atoms with E-state index in [1.807, 2.05) is 0 Å². The molecule has 3 aromatic carbocycles. The van der Waals surface area contributed by atoms with Gasteiger partial charge in [-0.1, -0.05) is 41.6 Å². The molecule has 1 atom stereocenters. The highest BCUT2D eigenvalue weighted by atomic mass is 19.1. The van der Waals surface area contributed by atoms with Gasteiger partial charge in [0.2, 0.25) is 0 Å². The number of halogens is 2. The number of hydrogen-bond acceptors (Lipinski definition) is 5. The molecule has 186 valence electrons. The average molecular weight is 494 g/mol. The molecule has 1 unspecified atom stereocenters. The highest BCUT2D eigenvalue weighted by Gasteiger charge is 2.28. The van der Waals surface area contributed by atoms with E-state index < -0.39 is 29.7 Å². The van der Waals surface area contributed by atoms with Gasteiger partial charge in [-0.2, -0.15) is 0 Å². The molecule has 0 fully saturated rings. The normalized spacial score (nSPS) is 14.5. The first-order valence-electron chi connectivity index (χ1n) is 11.5. The Morgan fingerprint density at radius 2 is 1.72 bits per heavy atom. The Morgan fingerprint density at radius 3 is 2.42 bits per heavy atom. The van der Waals surface area contributed by atoms with Crippen LogP contribution in [0.15, 0.2) is 78.0 Å². The van der Waals surface area contributed by atoms with E-state index in [0.717, 1.165) is 0 Å². The monoisotopic (exact) mass is 493 g/mol. The maximum Gasteiger partial charge on any atom is 0.338 e. The van der Waals surface area contributed by atoms with E-state index in [-0.39, 0.29) is 26.1 Å². The molecule has 36 heavy (non-hydrogen) atoms. The van der Waals surface area contributed by atoms with E-state index in [4.69, 9.17) is 9.57 Å². The standard InChI is InChI=1S/C27H25F2N3O4/c1-2-35-26(33)18-11-13-20(14-12-18)30-27(34)32(16-19-7-3-5-9-23(19)28)17-21-15-25(31-36-21)22-8-4-6-10-24(22)29/h3-14,21H,2,15-17H2,1H3,(H,30,34). The Hall–Kier alpha value is -4.27. The van der Waals surface area contributed by atoms with E-state index >= 15 is 0 Å². The zero-order valence-electron chi connectivity index (χ0n) is 19.6. The lowest BCUT2D eigenvalue weighted by molar-refractivity contribution is 0.0526. The first kappa shape index (κ1) is 24.8. The number of carbonyl (C=O) groups excluding carboxylic acids is 2. The molecule has 2 amide bonds. The van der Waals surface area contributed by atoms with Crippen LogP contribution in [0, 0.1) is 11.6 Å². The fourth-order valence-electron chi connectivity index (χ4n) is 3.78. The Balaban J connectivity index is 1.47. The van der Waals surface area contributed by atoms with Gasteiger partial charge in [-0.15, -0.1) is 0 Å². The molecule has 1 aliphatic heterocycles. The molecule has 3 aromatic rings. The van der Waals surface area contributed by atoms with Crippen LogP contribution >= 0.6 is 0 Å². The number of hydrogen-bond donors (Lipinski definition) is 1. The molecular weight excluding hydrogens is 468 g/mol. The molecule has 0 bridgehead atoms. The average Bonchev–Trinajstić information content (AvgIpc) is 3.34. The molecule has 0 saturated carbocycles. The summed E-state index contributed by atoms with van der Waals surface area (Å²) in [6.45, 7) is 2.04. The van der Waals surface area contributed by atoms with Gasteiger partial charge in [0.1, 0.15) is 11.6 Å². The van der Waals surface area contributed by atoms with Crippen LogP contribution in [0.2, 0.25) is 0 Å². The minimum absolute atomic E-state index is 0.0195. The zero-order chi connectivity index (χ0) is 25.5.